The van der Waals surface area contributed by atoms with Crippen LogP contribution in [-0.4, -0.2) is 29.1 Å². The molecule has 0 aliphatic carbocycles. The number of carbonyl (C=O) groups excluding carboxylic acids is 1. The highest BCUT2D eigenvalue weighted by molar-refractivity contribution is 5.75. The Balaban J connectivity index is 2.35. The van der Waals surface area contributed by atoms with Crippen LogP contribution in [-0.2, 0) is 17.9 Å². The predicted molar refractivity (Wildman–Crippen MR) is 62.9 cm³/mol. The number of aryl methyl sites for hydroxylation is 1. The molecule has 1 aromatic rings. The number of imidazole rings is 1. The van der Waals surface area contributed by atoms with Crippen molar-refractivity contribution in [2.45, 2.75) is 32.9 Å². The average Bonchev–Trinajstić information content (AvgIpc) is 2.73. The number of nitrogens with zero attached hydrogens (tertiary/aromatic N) is 2. The first-order valence-electron chi connectivity index (χ1n) is 5.69. The second-order valence-corrected chi connectivity index (χ2v) is 3.59. The first kappa shape index (κ1) is 12.7. The van der Waals surface area contributed by atoms with Crippen LogP contribution in [0.5, 0.6) is 0 Å². The zero-order valence-corrected chi connectivity index (χ0v) is 9.99. The fourth-order valence-corrected chi connectivity index (χ4v) is 1.48. The van der Waals surface area contributed by atoms with Crippen molar-refractivity contribution in [3.05, 3.63) is 18.2 Å². The molecule has 1 aromatic heterocycles. The summed E-state index contributed by atoms with van der Waals surface area (Å²) in [5.74, 6) is 1.12. The third-order valence-corrected chi connectivity index (χ3v) is 2.42. The van der Waals surface area contributed by atoms with Gasteiger partial charge in [-0.05, 0) is 13.0 Å². The zero-order valence-electron chi connectivity index (χ0n) is 9.99. The summed E-state index contributed by atoms with van der Waals surface area (Å²) in [7, 11) is 1.66. The van der Waals surface area contributed by atoms with Crippen LogP contribution in [0, 0.1) is 0 Å². The molecule has 0 aliphatic heterocycles. The lowest BCUT2D eigenvalue weighted by atomic mass is 10.3. The van der Waals surface area contributed by atoms with Crippen LogP contribution in [0.4, 0.5) is 0 Å². The smallest absolute Gasteiger partial charge is 0.219 e. The van der Waals surface area contributed by atoms with Gasteiger partial charge in [-0.2, -0.15) is 0 Å². The Morgan fingerprint density at radius 3 is 3.06 bits per heavy atom. The highest BCUT2D eigenvalue weighted by Crippen LogP contribution is 2.01. The molecular weight excluding hydrogens is 204 g/mol. The maximum atomic E-state index is 11.0. The quantitative estimate of drug-likeness (QED) is 0.710. The normalized spacial score (nSPS) is 10.4. The van der Waals surface area contributed by atoms with Gasteiger partial charge in [0.2, 0.25) is 5.91 Å². The minimum absolute atomic E-state index is 0.0911. The Kier molecular flexibility index (Phi) is 5.56. The summed E-state index contributed by atoms with van der Waals surface area (Å²) in [5, 5.41) is 5.86. The summed E-state index contributed by atoms with van der Waals surface area (Å²) in [5.41, 5.74) is 0. The van der Waals surface area contributed by atoms with E-state index in [4.69, 9.17) is 0 Å². The third kappa shape index (κ3) is 4.02. The molecule has 1 amide bonds. The lowest BCUT2D eigenvalue weighted by Gasteiger charge is -2.07. The lowest BCUT2D eigenvalue weighted by Crippen LogP contribution is -2.19. The highest BCUT2D eigenvalue weighted by Gasteiger charge is 2.03. The topological polar surface area (TPSA) is 59.0 Å². The largest absolute Gasteiger partial charge is 0.359 e. The van der Waals surface area contributed by atoms with E-state index in [1.54, 1.807) is 13.2 Å². The third-order valence-electron chi connectivity index (χ3n) is 2.42. The van der Waals surface area contributed by atoms with E-state index in [1.165, 1.54) is 0 Å². The van der Waals surface area contributed by atoms with Crippen LogP contribution in [0.2, 0.25) is 0 Å². The van der Waals surface area contributed by atoms with Gasteiger partial charge in [0.25, 0.3) is 0 Å². The van der Waals surface area contributed by atoms with E-state index in [2.05, 4.69) is 27.1 Å². The number of rotatable bonds is 7. The summed E-state index contributed by atoms with van der Waals surface area (Å²) in [6.45, 7) is 4.63. The first-order chi connectivity index (χ1) is 7.77. The van der Waals surface area contributed by atoms with Gasteiger partial charge < -0.3 is 15.2 Å². The Labute approximate surface area is 96.3 Å². The summed E-state index contributed by atoms with van der Waals surface area (Å²) in [6, 6.07) is 0. The van der Waals surface area contributed by atoms with Crippen molar-refractivity contribution >= 4 is 5.91 Å². The molecule has 0 aromatic carbocycles. The number of aromatic nitrogens is 2. The summed E-state index contributed by atoms with van der Waals surface area (Å²) >= 11 is 0. The molecule has 0 saturated heterocycles. The first-order valence-corrected chi connectivity index (χ1v) is 5.69. The molecule has 0 aliphatic rings. The van der Waals surface area contributed by atoms with Crippen LogP contribution >= 0.6 is 0 Å². The zero-order chi connectivity index (χ0) is 11.8. The van der Waals surface area contributed by atoms with E-state index in [0.717, 1.165) is 31.9 Å². The Hall–Kier alpha value is -1.36. The molecule has 0 unspecified atom stereocenters. The van der Waals surface area contributed by atoms with Gasteiger partial charge in [0.05, 0.1) is 6.54 Å². The lowest BCUT2D eigenvalue weighted by molar-refractivity contribution is -0.120. The van der Waals surface area contributed by atoms with E-state index >= 15 is 0 Å². The van der Waals surface area contributed by atoms with Crippen LogP contribution < -0.4 is 10.6 Å². The molecule has 0 bridgehead atoms. The molecule has 1 heterocycles. The van der Waals surface area contributed by atoms with Crippen molar-refractivity contribution in [2.75, 3.05) is 13.6 Å². The maximum absolute atomic E-state index is 11.0. The van der Waals surface area contributed by atoms with Gasteiger partial charge in [-0.25, -0.2) is 4.98 Å². The van der Waals surface area contributed by atoms with Crippen molar-refractivity contribution in [2.24, 2.45) is 0 Å². The SMILES string of the molecule is CCNCc1nccn1CCCC(=O)NC. The summed E-state index contributed by atoms with van der Waals surface area (Å²) in [6.07, 6.45) is 5.16. The molecule has 5 nitrogen and oxygen atoms in total. The van der Waals surface area contributed by atoms with Crippen LogP contribution in [0.15, 0.2) is 12.4 Å². The Bertz CT molecular complexity index is 322. The minimum atomic E-state index is 0.0911. The fraction of sp³-hybridized carbons (Fsp3) is 0.636. The van der Waals surface area contributed by atoms with Gasteiger partial charge in [0.1, 0.15) is 5.82 Å². The van der Waals surface area contributed by atoms with Crippen molar-refractivity contribution in [1.29, 1.82) is 0 Å². The predicted octanol–water partition coefficient (Wildman–Crippen LogP) is 0.519. The van der Waals surface area contributed by atoms with Gasteiger partial charge in [0, 0.05) is 32.4 Å². The second kappa shape index (κ2) is 7.00. The van der Waals surface area contributed by atoms with E-state index in [0.29, 0.717) is 6.42 Å². The number of carbonyl (C=O) groups is 1. The molecule has 0 atom stereocenters. The van der Waals surface area contributed by atoms with Gasteiger partial charge in [-0.15, -0.1) is 0 Å². The minimum Gasteiger partial charge on any atom is -0.359 e. The standard InChI is InChI=1S/C11H20N4O/c1-3-13-9-10-14-6-8-15(10)7-4-5-11(16)12-2/h6,8,13H,3-5,7,9H2,1-2H3,(H,12,16). The number of hydrogen-bond acceptors (Lipinski definition) is 3. The summed E-state index contributed by atoms with van der Waals surface area (Å²) in [4.78, 5) is 15.3. The van der Waals surface area contributed by atoms with Crippen LogP contribution in [0.1, 0.15) is 25.6 Å². The average molecular weight is 224 g/mol. The fourth-order valence-electron chi connectivity index (χ4n) is 1.48. The monoisotopic (exact) mass is 224 g/mol. The van der Waals surface area contributed by atoms with Gasteiger partial charge >= 0.3 is 0 Å². The maximum Gasteiger partial charge on any atom is 0.219 e. The molecule has 90 valence electrons. The van der Waals surface area contributed by atoms with Crippen molar-refractivity contribution in [1.82, 2.24) is 20.2 Å². The molecule has 5 heteroatoms. The number of hydrogen-bond donors (Lipinski definition) is 2. The van der Waals surface area contributed by atoms with Gasteiger partial charge in [0.15, 0.2) is 0 Å². The molecule has 16 heavy (non-hydrogen) atoms. The molecule has 0 fully saturated rings. The molecule has 0 radical (unpaired) electrons. The molecule has 0 saturated carbocycles. The Morgan fingerprint density at radius 1 is 1.56 bits per heavy atom. The van der Waals surface area contributed by atoms with Crippen LogP contribution in [0.25, 0.3) is 0 Å². The van der Waals surface area contributed by atoms with Crippen molar-refractivity contribution in [3.63, 3.8) is 0 Å². The van der Waals surface area contributed by atoms with E-state index in [1.807, 2.05) is 6.20 Å². The molecular formula is C11H20N4O. The molecule has 0 spiro atoms. The van der Waals surface area contributed by atoms with Crippen molar-refractivity contribution < 1.29 is 4.79 Å². The Morgan fingerprint density at radius 2 is 2.38 bits per heavy atom. The van der Waals surface area contributed by atoms with E-state index in [-0.39, 0.29) is 5.91 Å². The second-order valence-electron chi connectivity index (χ2n) is 3.59. The van der Waals surface area contributed by atoms with E-state index < -0.39 is 0 Å². The van der Waals surface area contributed by atoms with Crippen LogP contribution in [0.3, 0.4) is 0 Å². The molecule has 1 rings (SSSR count). The van der Waals surface area contributed by atoms with Gasteiger partial charge in [-0.3, -0.25) is 4.79 Å². The van der Waals surface area contributed by atoms with Gasteiger partial charge in [-0.1, -0.05) is 6.92 Å². The van der Waals surface area contributed by atoms with Crippen molar-refractivity contribution in [3.8, 4) is 0 Å². The van der Waals surface area contributed by atoms with E-state index in [9.17, 15) is 4.79 Å². The summed E-state index contributed by atoms with van der Waals surface area (Å²) < 4.78 is 2.09. The number of amides is 1. The number of nitrogens with one attached hydrogen (secondary N) is 2. The molecule has 2 N–H and O–H groups in total. The highest BCUT2D eigenvalue weighted by atomic mass is 16.1.